The fraction of sp³-hybridized carbons (Fsp3) is 0.400. The predicted octanol–water partition coefficient (Wildman–Crippen LogP) is 3.34. The number of hydrogen-bond acceptors (Lipinski definition) is 6. The molecule has 21 heavy (non-hydrogen) atoms. The van der Waals surface area contributed by atoms with Crippen molar-refractivity contribution in [2.75, 3.05) is 18.3 Å². The first kappa shape index (κ1) is 15.6. The minimum absolute atomic E-state index is 0.149. The van der Waals surface area contributed by atoms with Crippen molar-refractivity contribution in [3.8, 4) is 5.75 Å². The van der Waals surface area contributed by atoms with Crippen molar-refractivity contribution in [2.24, 2.45) is 0 Å². The van der Waals surface area contributed by atoms with Crippen molar-refractivity contribution in [1.29, 1.82) is 0 Å². The van der Waals surface area contributed by atoms with E-state index in [2.05, 4.69) is 53.2 Å². The van der Waals surface area contributed by atoms with E-state index in [1.54, 1.807) is 0 Å². The average Bonchev–Trinajstić information content (AvgIpc) is 2.47. The van der Waals surface area contributed by atoms with E-state index >= 15 is 0 Å². The summed E-state index contributed by atoms with van der Waals surface area (Å²) in [6.45, 7) is 6.88. The van der Waals surface area contributed by atoms with E-state index in [0.29, 0.717) is 17.8 Å². The maximum absolute atomic E-state index is 5.63. The lowest BCUT2D eigenvalue weighted by Gasteiger charge is -2.19. The Balaban J connectivity index is 1.88. The van der Waals surface area contributed by atoms with Gasteiger partial charge in [0.1, 0.15) is 12.1 Å². The summed E-state index contributed by atoms with van der Waals surface area (Å²) in [5, 5.41) is 3.70. The topological polar surface area (TPSA) is 59.9 Å². The Hall–Kier alpha value is -1.82. The van der Waals surface area contributed by atoms with Crippen LogP contribution in [0.4, 0.5) is 5.95 Å². The van der Waals surface area contributed by atoms with Crippen LogP contribution in [0, 0.1) is 0 Å². The van der Waals surface area contributed by atoms with E-state index in [9.17, 15) is 0 Å². The zero-order valence-electron chi connectivity index (χ0n) is 12.8. The van der Waals surface area contributed by atoms with Crippen molar-refractivity contribution < 1.29 is 4.74 Å². The smallest absolute Gasteiger partial charge is 0.229 e. The second kappa shape index (κ2) is 6.76. The van der Waals surface area contributed by atoms with Gasteiger partial charge in [0.05, 0.1) is 0 Å². The van der Waals surface area contributed by atoms with Crippen molar-refractivity contribution in [2.45, 2.75) is 31.3 Å². The quantitative estimate of drug-likeness (QED) is 0.675. The number of nitrogens with one attached hydrogen (secondary N) is 1. The molecule has 0 aliphatic rings. The molecule has 0 bridgehead atoms. The number of nitrogens with zero attached hydrogens (tertiary/aromatic N) is 3. The molecule has 0 saturated heterocycles. The number of thioether (sulfide) groups is 1. The lowest BCUT2D eigenvalue weighted by Crippen LogP contribution is -2.13. The van der Waals surface area contributed by atoms with Gasteiger partial charge in [0.2, 0.25) is 5.95 Å². The monoisotopic (exact) mass is 304 g/mol. The maximum atomic E-state index is 5.63. The van der Waals surface area contributed by atoms with Crippen molar-refractivity contribution in [1.82, 2.24) is 15.0 Å². The Bertz CT molecular complexity index is 581. The molecule has 0 amide bonds. The first-order valence-electron chi connectivity index (χ1n) is 6.69. The zero-order valence-corrected chi connectivity index (χ0v) is 13.6. The summed E-state index contributed by atoms with van der Waals surface area (Å²) in [7, 11) is 0. The van der Waals surface area contributed by atoms with Gasteiger partial charge in [-0.3, -0.25) is 0 Å². The Kier molecular flexibility index (Phi) is 5.01. The van der Waals surface area contributed by atoms with Gasteiger partial charge in [-0.1, -0.05) is 44.7 Å². The molecule has 0 fully saturated rings. The minimum Gasteiger partial charge on any atom is -0.473 e. The van der Waals surface area contributed by atoms with Crippen LogP contribution < -0.4 is 10.1 Å². The molecule has 0 saturated carbocycles. The number of ether oxygens (including phenoxy) is 1. The van der Waals surface area contributed by atoms with Crippen LogP contribution in [-0.4, -0.2) is 27.9 Å². The summed E-state index contributed by atoms with van der Waals surface area (Å²) in [5.41, 5.74) is 1.43. The molecule has 112 valence electrons. The van der Waals surface area contributed by atoms with Gasteiger partial charge in [0.25, 0.3) is 0 Å². The first-order valence-corrected chi connectivity index (χ1v) is 7.92. The van der Waals surface area contributed by atoms with E-state index < -0.39 is 0 Å². The molecule has 6 heteroatoms. The number of aromatic nitrogens is 3. The molecule has 0 unspecified atom stereocenters. The van der Waals surface area contributed by atoms with Gasteiger partial charge in [0, 0.05) is 0 Å². The highest BCUT2D eigenvalue weighted by atomic mass is 32.2. The predicted molar refractivity (Wildman–Crippen MR) is 85.9 cm³/mol. The van der Waals surface area contributed by atoms with E-state index in [-0.39, 0.29) is 5.41 Å². The molecule has 0 aliphatic carbocycles. The summed E-state index contributed by atoms with van der Waals surface area (Å²) in [6.07, 6.45) is 3.41. The van der Waals surface area contributed by atoms with Crippen LogP contribution in [0.25, 0.3) is 0 Å². The van der Waals surface area contributed by atoms with Gasteiger partial charge in [-0.25, -0.2) is 9.97 Å². The third-order valence-corrected chi connectivity index (χ3v) is 3.48. The lowest BCUT2D eigenvalue weighted by molar-refractivity contribution is 0.345. The standard InChI is InChI=1S/C15H20N4OS/c1-15(2,3)11-5-7-12(8-6-11)20-10-18-13-16-9-17-14(19-13)21-4/h5-9H,10H2,1-4H3,(H,16,17,18,19). The second-order valence-corrected chi connectivity index (χ2v) is 6.31. The molecule has 1 heterocycles. The fourth-order valence-corrected chi connectivity index (χ4v) is 2.03. The SMILES string of the molecule is CSc1ncnc(NCOc2ccc(C(C)(C)C)cc2)n1. The Morgan fingerprint density at radius 3 is 2.48 bits per heavy atom. The molecule has 0 spiro atoms. The highest BCUT2D eigenvalue weighted by Crippen LogP contribution is 2.24. The van der Waals surface area contributed by atoms with Crippen molar-refractivity contribution in [3.05, 3.63) is 36.2 Å². The molecule has 0 radical (unpaired) electrons. The van der Waals surface area contributed by atoms with Crippen LogP contribution in [-0.2, 0) is 5.41 Å². The molecular formula is C15H20N4OS. The van der Waals surface area contributed by atoms with E-state index in [4.69, 9.17) is 4.74 Å². The molecule has 1 aromatic heterocycles. The van der Waals surface area contributed by atoms with E-state index in [1.807, 2.05) is 18.4 Å². The molecule has 2 aromatic rings. The lowest BCUT2D eigenvalue weighted by atomic mass is 9.87. The van der Waals surface area contributed by atoms with Crippen LogP contribution in [0.2, 0.25) is 0 Å². The van der Waals surface area contributed by atoms with Crippen LogP contribution >= 0.6 is 11.8 Å². The van der Waals surface area contributed by atoms with Gasteiger partial charge in [-0.2, -0.15) is 4.98 Å². The van der Waals surface area contributed by atoms with Crippen molar-refractivity contribution in [3.63, 3.8) is 0 Å². The molecular weight excluding hydrogens is 284 g/mol. The van der Waals surface area contributed by atoms with Crippen LogP contribution in [0.3, 0.4) is 0 Å². The highest BCUT2D eigenvalue weighted by Gasteiger charge is 2.12. The van der Waals surface area contributed by atoms with Crippen LogP contribution in [0.15, 0.2) is 35.7 Å². The van der Waals surface area contributed by atoms with Crippen LogP contribution in [0.1, 0.15) is 26.3 Å². The summed E-state index contributed by atoms with van der Waals surface area (Å²) >= 11 is 1.47. The molecule has 2 rings (SSSR count). The largest absolute Gasteiger partial charge is 0.473 e. The molecule has 1 N–H and O–H groups in total. The number of hydrogen-bond donors (Lipinski definition) is 1. The van der Waals surface area contributed by atoms with E-state index in [0.717, 1.165) is 5.75 Å². The normalized spacial score (nSPS) is 11.2. The van der Waals surface area contributed by atoms with Gasteiger partial charge < -0.3 is 10.1 Å². The molecule has 5 nitrogen and oxygen atoms in total. The summed E-state index contributed by atoms with van der Waals surface area (Å²) in [5.74, 6) is 1.33. The molecule has 0 atom stereocenters. The molecule has 1 aromatic carbocycles. The van der Waals surface area contributed by atoms with Crippen LogP contribution in [0.5, 0.6) is 5.75 Å². The minimum atomic E-state index is 0.149. The van der Waals surface area contributed by atoms with E-state index in [1.165, 1.54) is 23.7 Å². The first-order chi connectivity index (χ1) is 9.99. The maximum Gasteiger partial charge on any atom is 0.229 e. The third kappa shape index (κ3) is 4.60. The summed E-state index contributed by atoms with van der Waals surface area (Å²) < 4.78 is 5.63. The van der Waals surface area contributed by atoms with Gasteiger partial charge in [-0.05, 0) is 29.4 Å². The number of anilines is 1. The Morgan fingerprint density at radius 1 is 1.14 bits per heavy atom. The second-order valence-electron chi connectivity index (χ2n) is 5.54. The average molecular weight is 304 g/mol. The van der Waals surface area contributed by atoms with Crippen molar-refractivity contribution >= 4 is 17.7 Å². The number of rotatable bonds is 5. The Morgan fingerprint density at radius 2 is 1.86 bits per heavy atom. The van der Waals surface area contributed by atoms with Gasteiger partial charge >= 0.3 is 0 Å². The summed E-state index contributed by atoms with van der Waals surface area (Å²) in [6, 6.07) is 8.13. The van der Waals surface area contributed by atoms with Gasteiger partial charge in [0.15, 0.2) is 11.9 Å². The third-order valence-electron chi connectivity index (χ3n) is 2.92. The Labute approximate surface area is 129 Å². The highest BCUT2D eigenvalue weighted by molar-refractivity contribution is 7.98. The summed E-state index contributed by atoms with van der Waals surface area (Å²) in [4.78, 5) is 12.3. The molecule has 0 aliphatic heterocycles. The fourth-order valence-electron chi connectivity index (χ4n) is 1.70. The van der Waals surface area contributed by atoms with Gasteiger partial charge in [-0.15, -0.1) is 0 Å². The number of benzene rings is 1. The zero-order chi connectivity index (χ0) is 15.3.